The first kappa shape index (κ1) is 13.1. The van der Waals surface area contributed by atoms with Gasteiger partial charge in [-0.3, -0.25) is 0 Å². The Morgan fingerprint density at radius 2 is 2.22 bits per heavy atom. The first-order valence-corrected chi connectivity index (χ1v) is 6.91. The summed E-state index contributed by atoms with van der Waals surface area (Å²) in [5.41, 5.74) is 8.00. The van der Waals surface area contributed by atoms with Crippen molar-refractivity contribution >= 4 is 11.3 Å². The zero-order valence-electron chi connectivity index (χ0n) is 10.8. The first-order chi connectivity index (χ1) is 8.72. The van der Waals surface area contributed by atoms with E-state index in [1.807, 2.05) is 18.2 Å². The van der Waals surface area contributed by atoms with Crippen LogP contribution in [0.5, 0.6) is 5.75 Å². The number of rotatable bonds is 5. The van der Waals surface area contributed by atoms with Crippen molar-refractivity contribution in [1.29, 1.82) is 0 Å². The van der Waals surface area contributed by atoms with Gasteiger partial charge in [-0.15, -0.1) is 11.3 Å². The number of thiazole rings is 1. The second-order valence-corrected chi connectivity index (χ2v) is 5.31. The summed E-state index contributed by atoms with van der Waals surface area (Å²) in [7, 11) is 0. The van der Waals surface area contributed by atoms with Gasteiger partial charge in [0.15, 0.2) is 0 Å². The van der Waals surface area contributed by atoms with Crippen molar-refractivity contribution in [3.63, 3.8) is 0 Å². The maximum Gasteiger partial charge on any atom is 0.140 e. The first-order valence-electron chi connectivity index (χ1n) is 6.10. The highest BCUT2D eigenvalue weighted by Gasteiger charge is 2.08. The van der Waals surface area contributed by atoms with Crippen molar-refractivity contribution in [2.45, 2.75) is 33.4 Å². The van der Waals surface area contributed by atoms with Crippen LogP contribution in [-0.4, -0.2) is 4.98 Å². The van der Waals surface area contributed by atoms with Gasteiger partial charge in [-0.2, -0.15) is 0 Å². The van der Waals surface area contributed by atoms with Gasteiger partial charge in [0.05, 0.1) is 5.69 Å². The number of nitrogens with zero attached hydrogens (tertiary/aromatic N) is 1. The van der Waals surface area contributed by atoms with Gasteiger partial charge in [0.2, 0.25) is 0 Å². The maximum atomic E-state index is 5.74. The summed E-state index contributed by atoms with van der Waals surface area (Å²) in [6, 6.07) is 8.04. The molecule has 0 unspecified atom stereocenters. The molecule has 0 atom stereocenters. The topological polar surface area (TPSA) is 48.1 Å². The SMILES string of the molecule is CCc1nc(COc2cccc(C)c2)sc1CN. The monoisotopic (exact) mass is 262 g/mol. The Morgan fingerprint density at radius 1 is 1.39 bits per heavy atom. The smallest absolute Gasteiger partial charge is 0.140 e. The van der Waals surface area contributed by atoms with E-state index in [0.29, 0.717) is 13.2 Å². The Hall–Kier alpha value is -1.39. The summed E-state index contributed by atoms with van der Waals surface area (Å²) < 4.78 is 5.74. The summed E-state index contributed by atoms with van der Waals surface area (Å²) in [6.07, 6.45) is 0.924. The third-order valence-corrected chi connectivity index (χ3v) is 3.79. The summed E-state index contributed by atoms with van der Waals surface area (Å²) in [4.78, 5) is 5.72. The van der Waals surface area contributed by atoms with E-state index in [1.54, 1.807) is 11.3 Å². The Balaban J connectivity index is 2.04. The predicted octanol–water partition coefficient (Wildman–Crippen LogP) is 3.05. The average molecular weight is 262 g/mol. The van der Waals surface area contributed by atoms with Crippen LogP contribution >= 0.6 is 11.3 Å². The lowest BCUT2D eigenvalue weighted by molar-refractivity contribution is 0.305. The zero-order valence-corrected chi connectivity index (χ0v) is 11.6. The molecule has 0 aliphatic rings. The van der Waals surface area contributed by atoms with Gasteiger partial charge < -0.3 is 10.5 Å². The van der Waals surface area contributed by atoms with Crippen molar-refractivity contribution in [1.82, 2.24) is 4.98 Å². The number of hydrogen-bond donors (Lipinski definition) is 1. The van der Waals surface area contributed by atoms with Crippen LogP contribution in [0.1, 0.15) is 28.1 Å². The quantitative estimate of drug-likeness (QED) is 0.901. The minimum Gasteiger partial charge on any atom is -0.486 e. The van der Waals surface area contributed by atoms with Crippen LogP contribution in [0.3, 0.4) is 0 Å². The van der Waals surface area contributed by atoms with Crippen molar-refractivity contribution in [2.75, 3.05) is 0 Å². The second-order valence-electron chi connectivity index (χ2n) is 4.14. The molecular formula is C14H18N2OS. The van der Waals surface area contributed by atoms with E-state index in [9.17, 15) is 0 Å². The number of ether oxygens (including phenoxy) is 1. The molecule has 96 valence electrons. The molecule has 1 aromatic carbocycles. The van der Waals surface area contributed by atoms with Crippen molar-refractivity contribution < 1.29 is 4.74 Å². The van der Waals surface area contributed by atoms with Gasteiger partial charge in [-0.05, 0) is 31.0 Å². The average Bonchev–Trinajstić information content (AvgIpc) is 2.79. The number of benzene rings is 1. The summed E-state index contributed by atoms with van der Waals surface area (Å²) >= 11 is 1.65. The fourth-order valence-corrected chi connectivity index (χ4v) is 2.73. The molecule has 3 nitrogen and oxygen atoms in total. The van der Waals surface area contributed by atoms with Crippen LogP contribution in [0.25, 0.3) is 0 Å². The predicted molar refractivity (Wildman–Crippen MR) is 74.9 cm³/mol. The van der Waals surface area contributed by atoms with Gasteiger partial charge in [0.1, 0.15) is 17.4 Å². The molecule has 4 heteroatoms. The molecule has 1 heterocycles. The summed E-state index contributed by atoms with van der Waals surface area (Å²) in [5.74, 6) is 0.887. The highest BCUT2D eigenvalue weighted by Crippen LogP contribution is 2.21. The normalized spacial score (nSPS) is 10.6. The molecule has 0 spiro atoms. The van der Waals surface area contributed by atoms with Crippen molar-refractivity contribution in [3.05, 3.63) is 45.4 Å². The number of aryl methyl sites for hydroxylation is 2. The standard InChI is InChI=1S/C14H18N2OS/c1-3-12-13(8-15)18-14(16-12)9-17-11-6-4-5-10(2)7-11/h4-7H,3,8-9,15H2,1-2H3. The molecule has 2 rings (SSSR count). The van der Waals surface area contributed by atoms with E-state index < -0.39 is 0 Å². The number of hydrogen-bond acceptors (Lipinski definition) is 4. The Morgan fingerprint density at radius 3 is 2.83 bits per heavy atom. The Bertz CT molecular complexity index is 501. The van der Waals surface area contributed by atoms with Gasteiger partial charge >= 0.3 is 0 Å². The molecule has 2 aromatic rings. The maximum absolute atomic E-state index is 5.74. The van der Waals surface area contributed by atoms with Gasteiger partial charge in [0, 0.05) is 11.4 Å². The molecule has 0 aliphatic heterocycles. The van der Waals surface area contributed by atoms with Crippen LogP contribution < -0.4 is 10.5 Å². The molecule has 2 N–H and O–H groups in total. The second kappa shape index (κ2) is 5.98. The highest BCUT2D eigenvalue weighted by molar-refractivity contribution is 7.11. The fourth-order valence-electron chi connectivity index (χ4n) is 1.78. The van der Waals surface area contributed by atoms with E-state index in [2.05, 4.69) is 24.9 Å². The summed E-state index contributed by atoms with van der Waals surface area (Å²) in [5, 5.41) is 0.994. The van der Waals surface area contributed by atoms with E-state index in [-0.39, 0.29) is 0 Å². The molecule has 0 amide bonds. The number of nitrogens with two attached hydrogens (primary N) is 1. The van der Waals surface area contributed by atoms with Crippen LogP contribution in [-0.2, 0) is 19.6 Å². The molecule has 0 aliphatic carbocycles. The fraction of sp³-hybridized carbons (Fsp3) is 0.357. The van der Waals surface area contributed by atoms with E-state index in [0.717, 1.165) is 22.9 Å². The van der Waals surface area contributed by atoms with Crippen LogP contribution in [0, 0.1) is 6.92 Å². The number of aromatic nitrogens is 1. The largest absolute Gasteiger partial charge is 0.486 e. The third kappa shape index (κ3) is 3.09. The third-order valence-electron chi connectivity index (χ3n) is 2.69. The van der Waals surface area contributed by atoms with Gasteiger partial charge in [0.25, 0.3) is 0 Å². The lowest BCUT2D eigenvalue weighted by Gasteiger charge is -2.04. The van der Waals surface area contributed by atoms with Crippen LogP contribution in [0.15, 0.2) is 24.3 Å². The highest BCUT2D eigenvalue weighted by atomic mass is 32.1. The molecular weight excluding hydrogens is 244 g/mol. The molecule has 1 aromatic heterocycles. The lowest BCUT2D eigenvalue weighted by Crippen LogP contribution is -1.97. The van der Waals surface area contributed by atoms with Crippen LogP contribution in [0.4, 0.5) is 0 Å². The molecule has 0 saturated carbocycles. The van der Waals surface area contributed by atoms with Crippen molar-refractivity contribution in [2.24, 2.45) is 5.73 Å². The van der Waals surface area contributed by atoms with E-state index >= 15 is 0 Å². The van der Waals surface area contributed by atoms with E-state index in [4.69, 9.17) is 10.5 Å². The lowest BCUT2D eigenvalue weighted by atomic mass is 10.2. The van der Waals surface area contributed by atoms with Crippen LogP contribution in [0.2, 0.25) is 0 Å². The minimum atomic E-state index is 0.515. The Labute approximate surface area is 112 Å². The van der Waals surface area contributed by atoms with Gasteiger partial charge in [-0.25, -0.2) is 4.98 Å². The van der Waals surface area contributed by atoms with Crippen molar-refractivity contribution in [3.8, 4) is 5.75 Å². The molecule has 0 saturated heterocycles. The molecule has 0 fully saturated rings. The molecule has 18 heavy (non-hydrogen) atoms. The minimum absolute atomic E-state index is 0.515. The molecule has 0 bridgehead atoms. The Kier molecular flexibility index (Phi) is 4.33. The van der Waals surface area contributed by atoms with Gasteiger partial charge in [-0.1, -0.05) is 19.1 Å². The zero-order chi connectivity index (χ0) is 13.0. The molecule has 0 radical (unpaired) electrons. The summed E-state index contributed by atoms with van der Waals surface area (Å²) in [6.45, 7) is 5.23. The van der Waals surface area contributed by atoms with E-state index in [1.165, 1.54) is 10.4 Å².